The van der Waals surface area contributed by atoms with Crippen molar-refractivity contribution < 1.29 is 44.9 Å². The standard InChI is InChI=1S/C15H18O9/c16-6-10-12(20)13(21)14(22)15(23-10)24-11(19)4-2-7-1-3-8(17)9(18)5-7/h1-5,10,12-18,20-22H,6H2/b4-2+/t10-,12-,13+,14-,15?/m1/s1. The zero-order chi connectivity index (χ0) is 17.9. The number of rotatable bonds is 4. The van der Waals surface area contributed by atoms with Gasteiger partial charge in [-0.15, -0.1) is 0 Å². The topological polar surface area (TPSA) is 157 Å². The molecule has 24 heavy (non-hydrogen) atoms. The van der Waals surface area contributed by atoms with Gasteiger partial charge in [-0.2, -0.15) is 0 Å². The van der Waals surface area contributed by atoms with Gasteiger partial charge in [0.1, 0.15) is 24.4 Å². The summed E-state index contributed by atoms with van der Waals surface area (Å²) < 4.78 is 9.87. The monoisotopic (exact) mass is 342 g/mol. The predicted octanol–water partition coefficient (Wildman–Crippen LogP) is -1.55. The minimum atomic E-state index is -1.68. The smallest absolute Gasteiger partial charge is 0.333 e. The zero-order valence-electron chi connectivity index (χ0n) is 12.4. The maximum absolute atomic E-state index is 11.7. The SMILES string of the molecule is O=C(/C=C/c1ccc(O)c(O)c1)OC1O[C@H](CO)[C@@H](O)[C@H](O)[C@H]1O. The van der Waals surface area contributed by atoms with Gasteiger partial charge in [-0.1, -0.05) is 6.07 Å². The van der Waals surface area contributed by atoms with Crippen LogP contribution in [0.3, 0.4) is 0 Å². The lowest BCUT2D eigenvalue weighted by Gasteiger charge is -2.38. The third kappa shape index (κ3) is 4.02. The van der Waals surface area contributed by atoms with Crippen LogP contribution in [0.25, 0.3) is 6.08 Å². The molecule has 0 saturated carbocycles. The summed E-state index contributed by atoms with van der Waals surface area (Å²) in [5, 5.41) is 56.5. The molecule has 132 valence electrons. The Morgan fingerprint density at radius 1 is 1.12 bits per heavy atom. The number of ether oxygens (including phenoxy) is 2. The third-order valence-electron chi connectivity index (χ3n) is 3.49. The number of hydrogen-bond acceptors (Lipinski definition) is 9. The number of phenolic OH excluding ortho intramolecular Hbond substituents is 2. The lowest BCUT2D eigenvalue weighted by atomic mass is 9.99. The Labute approximate surface area is 136 Å². The van der Waals surface area contributed by atoms with Crippen LogP contribution in [0.5, 0.6) is 11.5 Å². The van der Waals surface area contributed by atoms with Crippen LogP contribution in [0, 0.1) is 0 Å². The number of phenols is 2. The highest BCUT2D eigenvalue weighted by Crippen LogP contribution is 2.25. The molecular formula is C15H18O9. The number of benzene rings is 1. The van der Waals surface area contributed by atoms with Crippen molar-refractivity contribution in [2.75, 3.05) is 6.61 Å². The molecule has 0 aromatic heterocycles. The Balaban J connectivity index is 2.00. The summed E-state index contributed by atoms with van der Waals surface area (Å²) in [5.74, 6) is -1.60. The second-order valence-corrected chi connectivity index (χ2v) is 5.22. The van der Waals surface area contributed by atoms with E-state index in [4.69, 9.17) is 14.6 Å². The van der Waals surface area contributed by atoms with Crippen LogP contribution in [0.4, 0.5) is 0 Å². The molecule has 1 fully saturated rings. The Morgan fingerprint density at radius 3 is 2.46 bits per heavy atom. The number of aliphatic hydroxyl groups excluding tert-OH is 4. The normalized spacial score (nSPS) is 30.4. The number of carbonyl (C=O) groups excluding carboxylic acids is 1. The summed E-state index contributed by atoms with van der Waals surface area (Å²) >= 11 is 0. The highest BCUT2D eigenvalue weighted by molar-refractivity contribution is 5.87. The van der Waals surface area contributed by atoms with Crippen molar-refractivity contribution in [1.29, 1.82) is 0 Å². The van der Waals surface area contributed by atoms with E-state index >= 15 is 0 Å². The minimum absolute atomic E-state index is 0.309. The van der Waals surface area contributed by atoms with E-state index in [9.17, 15) is 30.3 Å². The van der Waals surface area contributed by atoms with Gasteiger partial charge >= 0.3 is 5.97 Å². The number of esters is 1. The molecule has 0 bridgehead atoms. The lowest BCUT2D eigenvalue weighted by Crippen LogP contribution is -2.59. The van der Waals surface area contributed by atoms with Gasteiger partial charge in [-0.3, -0.25) is 0 Å². The molecule has 0 spiro atoms. The summed E-state index contributed by atoms with van der Waals surface area (Å²) in [6.45, 7) is -0.637. The summed E-state index contributed by atoms with van der Waals surface area (Å²) in [6.07, 6.45) is -5.36. The van der Waals surface area contributed by atoms with Crippen molar-refractivity contribution in [3.05, 3.63) is 29.8 Å². The first-order valence-electron chi connectivity index (χ1n) is 7.04. The molecule has 0 amide bonds. The number of aromatic hydroxyl groups is 2. The first-order chi connectivity index (χ1) is 11.3. The maximum atomic E-state index is 11.7. The molecule has 5 atom stereocenters. The number of carbonyl (C=O) groups is 1. The number of hydrogen-bond donors (Lipinski definition) is 6. The molecule has 9 heteroatoms. The summed E-state index contributed by atoms with van der Waals surface area (Å²) in [6, 6.07) is 3.89. The fourth-order valence-electron chi connectivity index (χ4n) is 2.13. The average Bonchev–Trinajstić information content (AvgIpc) is 2.56. The molecule has 0 radical (unpaired) electrons. The van der Waals surface area contributed by atoms with Crippen LogP contribution in [0.15, 0.2) is 24.3 Å². The molecular weight excluding hydrogens is 324 g/mol. The highest BCUT2D eigenvalue weighted by Gasteiger charge is 2.45. The van der Waals surface area contributed by atoms with Gasteiger partial charge < -0.3 is 40.1 Å². The Bertz CT molecular complexity index is 613. The van der Waals surface area contributed by atoms with Crippen LogP contribution in [-0.4, -0.2) is 73.9 Å². The van der Waals surface area contributed by atoms with Crippen LogP contribution >= 0.6 is 0 Å². The molecule has 1 unspecified atom stereocenters. The fraction of sp³-hybridized carbons (Fsp3) is 0.400. The second-order valence-electron chi connectivity index (χ2n) is 5.22. The van der Waals surface area contributed by atoms with Crippen molar-refractivity contribution in [1.82, 2.24) is 0 Å². The molecule has 9 nitrogen and oxygen atoms in total. The molecule has 1 aromatic rings. The van der Waals surface area contributed by atoms with Crippen molar-refractivity contribution in [3.63, 3.8) is 0 Å². The van der Waals surface area contributed by atoms with E-state index < -0.39 is 43.3 Å². The molecule has 1 aliphatic heterocycles. The van der Waals surface area contributed by atoms with E-state index in [1.807, 2.05) is 0 Å². The van der Waals surface area contributed by atoms with Gasteiger partial charge in [0.15, 0.2) is 11.5 Å². The Kier molecular flexibility index (Phi) is 5.75. The van der Waals surface area contributed by atoms with E-state index in [2.05, 4.69) is 0 Å². The van der Waals surface area contributed by atoms with Gasteiger partial charge in [0.25, 0.3) is 0 Å². The molecule has 6 N–H and O–H groups in total. The van der Waals surface area contributed by atoms with Crippen LogP contribution in [0.2, 0.25) is 0 Å². The van der Waals surface area contributed by atoms with Crippen LogP contribution < -0.4 is 0 Å². The van der Waals surface area contributed by atoms with Gasteiger partial charge in [-0.25, -0.2) is 4.79 Å². The van der Waals surface area contributed by atoms with Gasteiger partial charge in [0.05, 0.1) is 6.61 Å². The van der Waals surface area contributed by atoms with Crippen LogP contribution in [-0.2, 0) is 14.3 Å². The van der Waals surface area contributed by atoms with Crippen LogP contribution in [0.1, 0.15) is 5.56 Å². The van der Waals surface area contributed by atoms with E-state index in [1.165, 1.54) is 24.3 Å². The Hall–Kier alpha value is -2.17. The predicted molar refractivity (Wildman–Crippen MR) is 78.7 cm³/mol. The first-order valence-corrected chi connectivity index (χ1v) is 7.04. The summed E-state index contributed by atoms with van der Waals surface area (Å²) in [4.78, 5) is 11.7. The highest BCUT2D eigenvalue weighted by atomic mass is 16.7. The van der Waals surface area contributed by atoms with Crippen molar-refractivity contribution >= 4 is 12.0 Å². The first kappa shape index (κ1) is 18.2. The van der Waals surface area contributed by atoms with E-state index in [-0.39, 0.29) is 11.5 Å². The molecule has 1 aliphatic rings. The second kappa shape index (κ2) is 7.60. The fourth-order valence-corrected chi connectivity index (χ4v) is 2.13. The minimum Gasteiger partial charge on any atom is -0.504 e. The van der Waals surface area contributed by atoms with Gasteiger partial charge in [0.2, 0.25) is 6.29 Å². The molecule has 1 heterocycles. The van der Waals surface area contributed by atoms with Gasteiger partial charge in [-0.05, 0) is 23.8 Å². The molecule has 1 aromatic carbocycles. The quantitative estimate of drug-likeness (QED) is 0.217. The summed E-state index contributed by atoms with van der Waals surface area (Å²) in [5.41, 5.74) is 0.399. The molecule has 2 rings (SSSR count). The third-order valence-corrected chi connectivity index (χ3v) is 3.49. The van der Waals surface area contributed by atoms with E-state index in [1.54, 1.807) is 0 Å². The average molecular weight is 342 g/mol. The van der Waals surface area contributed by atoms with E-state index in [0.717, 1.165) is 6.08 Å². The zero-order valence-corrected chi connectivity index (χ0v) is 12.4. The van der Waals surface area contributed by atoms with Crippen molar-refractivity contribution in [2.45, 2.75) is 30.7 Å². The maximum Gasteiger partial charge on any atom is 0.333 e. The van der Waals surface area contributed by atoms with Gasteiger partial charge in [0, 0.05) is 6.08 Å². The summed E-state index contributed by atoms with van der Waals surface area (Å²) in [7, 11) is 0. The largest absolute Gasteiger partial charge is 0.504 e. The lowest BCUT2D eigenvalue weighted by molar-refractivity contribution is -0.291. The van der Waals surface area contributed by atoms with E-state index in [0.29, 0.717) is 5.56 Å². The number of aliphatic hydroxyl groups is 4. The molecule has 0 aliphatic carbocycles. The van der Waals surface area contributed by atoms with Crippen molar-refractivity contribution in [3.8, 4) is 11.5 Å². The Morgan fingerprint density at radius 2 is 1.83 bits per heavy atom. The molecule has 1 saturated heterocycles. The van der Waals surface area contributed by atoms with Crippen molar-refractivity contribution in [2.24, 2.45) is 0 Å².